The Morgan fingerprint density at radius 2 is 1.82 bits per heavy atom. The first-order chi connectivity index (χ1) is 13.5. The van der Waals surface area contributed by atoms with Gasteiger partial charge in [0.15, 0.2) is 0 Å². The lowest BCUT2D eigenvalue weighted by Gasteiger charge is -2.06. The summed E-state index contributed by atoms with van der Waals surface area (Å²) in [7, 11) is 1.83. The summed E-state index contributed by atoms with van der Waals surface area (Å²) in [6, 6.07) is 17.2. The number of rotatable bonds is 7. The Bertz CT molecular complexity index is 977. The van der Waals surface area contributed by atoms with Crippen molar-refractivity contribution >= 4 is 35.5 Å². The second kappa shape index (κ2) is 9.44. The Labute approximate surface area is 173 Å². The fraction of sp³-hybridized carbons (Fsp3) is 0.143. The molecule has 0 fully saturated rings. The van der Waals surface area contributed by atoms with E-state index in [4.69, 9.17) is 32.8 Å². The van der Waals surface area contributed by atoms with Crippen LogP contribution in [0.5, 0.6) is 11.6 Å². The molecule has 0 bridgehead atoms. The molecule has 0 radical (unpaired) electrons. The molecule has 28 heavy (non-hydrogen) atoms. The maximum Gasteiger partial charge on any atom is 0.226 e. The van der Waals surface area contributed by atoms with Crippen LogP contribution in [0.15, 0.2) is 64.2 Å². The summed E-state index contributed by atoms with van der Waals surface area (Å²) in [5, 5.41) is 8.47. The molecule has 1 aromatic heterocycles. The van der Waals surface area contributed by atoms with Gasteiger partial charge >= 0.3 is 0 Å². The molecule has 0 aliphatic carbocycles. The van der Waals surface area contributed by atoms with E-state index in [1.165, 1.54) is 0 Å². The van der Waals surface area contributed by atoms with Crippen molar-refractivity contribution in [2.24, 2.45) is 12.2 Å². The minimum atomic E-state index is 0.217. The van der Waals surface area contributed by atoms with Gasteiger partial charge in [0.25, 0.3) is 0 Å². The van der Waals surface area contributed by atoms with Crippen LogP contribution in [0.25, 0.3) is 6.08 Å². The second-order valence-corrected chi connectivity index (χ2v) is 7.03. The third kappa shape index (κ3) is 5.38. The van der Waals surface area contributed by atoms with Crippen LogP contribution in [0.4, 0.5) is 0 Å². The standard InChI is InChI=1S/C21H19Cl2N3O2/c1-15-19(21(26(2)25-15)28-18-6-4-3-5-7-18)13-24-27-14-17-10-8-16(9-11-17)12-20(22)23/h3-13H,14H2,1-2H3. The van der Waals surface area contributed by atoms with Gasteiger partial charge in [-0.05, 0) is 36.3 Å². The molecule has 0 amide bonds. The van der Waals surface area contributed by atoms with E-state index in [1.54, 1.807) is 17.0 Å². The maximum atomic E-state index is 5.95. The SMILES string of the molecule is Cc1nn(C)c(Oc2ccccc2)c1C=NOCc1ccc(C=C(Cl)Cl)cc1. The Hall–Kier alpha value is -2.76. The summed E-state index contributed by atoms with van der Waals surface area (Å²) < 4.78 is 7.84. The number of halogens is 2. The first-order valence-corrected chi connectivity index (χ1v) is 9.32. The van der Waals surface area contributed by atoms with Gasteiger partial charge in [0.1, 0.15) is 16.8 Å². The van der Waals surface area contributed by atoms with Crippen LogP contribution >= 0.6 is 23.2 Å². The maximum absolute atomic E-state index is 5.95. The van der Waals surface area contributed by atoms with Crippen LogP contribution in [0.3, 0.4) is 0 Å². The first kappa shape index (κ1) is 20.0. The second-order valence-electron chi connectivity index (χ2n) is 6.03. The van der Waals surface area contributed by atoms with Crippen LogP contribution in [-0.4, -0.2) is 16.0 Å². The van der Waals surface area contributed by atoms with Crippen molar-refractivity contribution in [3.05, 3.63) is 81.5 Å². The molecule has 5 nitrogen and oxygen atoms in total. The zero-order chi connectivity index (χ0) is 19.9. The average molecular weight is 416 g/mol. The molecule has 0 unspecified atom stereocenters. The van der Waals surface area contributed by atoms with Crippen molar-refractivity contribution in [3.63, 3.8) is 0 Å². The van der Waals surface area contributed by atoms with Gasteiger partial charge in [0.05, 0.1) is 17.5 Å². The van der Waals surface area contributed by atoms with Gasteiger partial charge in [-0.1, -0.05) is 70.8 Å². The van der Waals surface area contributed by atoms with Crippen LogP contribution in [-0.2, 0) is 18.5 Å². The molecule has 3 rings (SSSR count). The highest BCUT2D eigenvalue weighted by Crippen LogP contribution is 2.25. The number of hydrogen-bond acceptors (Lipinski definition) is 4. The van der Waals surface area contributed by atoms with Gasteiger partial charge in [-0.15, -0.1) is 0 Å². The summed E-state index contributed by atoms with van der Waals surface area (Å²) >= 11 is 11.3. The van der Waals surface area contributed by atoms with Crippen molar-refractivity contribution in [3.8, 4) is 11.6 Å². The Morgan fingerprint density at radius 1 is 1.11 bits per heavy atom. The van der Waals surface area contributed by atoms with Gasteiger partial charge in [-0.2, -0.15) is 5.10 Å². The molecular formula is C21H19Cl2N3O2. The van der Waals surface area contributed by atoms with Gasteiger partial charge in [-0.25, -0.2) is 4.68 Å². The van der Waals surface area contributed by atoms with Gasteiger partial charge in [-0.3, -0.25) is 0 Å². The van der Waals surface area contributed by atoms with E-state index in [1.807, 2.05) is 68.6 Å². The molecule has 0 saturated heterocycles. The molecule has 1 heterocycles. The molecule has 0 N–H and O–H groups in total. The van der Waals surface area contributed by atoms with E-state index in [0.717, 1.165) is 28.1 Å². The van der Waals surface area contributed by atoms with Crippen LogP contribution in [0.2, 0.25) is 0 Å². The van der Waals surface area contributed by atoms with Crippen molar-refractivity contribution in [1.29, 1.82) is 0 Å². The van der Waals surface area contributed by atoms with Crippen LogP contribution in [0.1, 0.15) is 22.4 Å². The number of ether oxygens (including phenoxy) is 1. The van der Waals surface area contributed by atoms with Crippen LogP contribution in [0, 0.1) is 6.92 Å². The van der Waals surface area contributed by atoms with E-state index in [2.05, 4.69) is 10.3 Å². The molecule has 144 valence electrons. The van der Waals surface area contributed by atoms with Crippen molar-refractivity contribution < 1.29 is 9.57 Å². The normalized spacial score (nSPS) is 10.9. The summed E-state index contributed by atoms with van der Waals surface area (Å²) in [4.78, 5) is 5.42. The number of aromatic nitrogens is 2. The van der Waals surface area contributed by atoms with Crippen molar-refractivity contribution in [2.45, 2.75) is 13.5 Å². The number of benzene rings is 2. The van der Waals surface area contributed by atoms with Gasteiger partial charge in [0, 0.05) is 7.05 Å². The van der Waals surface area contributed by atoms with Gasteiger partial charge < -0.3 is 9.57 Å². The highest BCUT2D eigenvalue weighted by Gasteiger charge is 2.14. The monoisotopic (exact) mass is 415 g/mol. The summed E-state index contributed by atoms with van der Waals surface area (Å²) in [5.74, 6) is 1.33. The lowest BCUT2D eigenvalue weighted by molar-refractivity contribution is 0.132. The summed E-state index contributed by atoms with van der Waals surface area (Å²) in [6.45, 7) is 2.23. The summed E-state index contributed by atoms with van der Waals surface area (Å²) in [6.07, 6.45) is 3.29. The van der Waals surface area contributed by atoms with E-state index >= 15 is 0 Å². The predicted molar refractivity (Wildman–Crippen MR) is 113 cm³/mol. The molecule has 0 aliphatic rings. The highest BCUT2D eigenvalue weighted by atomic mass is 35.5. The smallest absolute Gasteiger partial charge is 0.226 e. The van der Waals surface area contributed by atoms with E-state index in [-0.39, 0.29) is 4.49 Å². The van der Waals surface area contributed by atoms with E-state index < -0.39 is 0 Å². The third-order valence-corrected chi connectivity index (χ3v) is 4.13. The molecular weight excluding hydrogens is 397 g/mol. The quantitative estimate of drug-likeness (QED) is 0.359. The number of hydrogen-bond donors (Lipinski definition) is 0. The minimum absolute atomic E-state index is 0.217. The van der Waals surface area contributed by atoms with Crippen molar-refractivity contribution in [2.75, 3.05) is 0 Å². The van der Waals surface area contributed by atoms with E-state index in [9.17, 15) is 0 Å². The topological polar surface area (TPSA) is 48.6 Å². The molecule has 3 aromatic rings. The first-order valence-electron chi connectivity index (χ1n) is 8.56. The highest BCUT2D eigenvalue weighted by molar-refractivity contribution is 6.57. The minimum Gasteiger partial charge on any atom is -0.439 e. The molecule has 0 spiro atoms. The lowest BCUT2D eigenvalue weighted by Crippen LogP contribution is -1.97. The molecule has 0 saturated carbocycles. The number of para-hydroxylation sites is 1. The molecule has 2 aromatic carbocycles. The zero-order valence-corrected chi connectivity index (χ0v) is 17.0. The average Bonchev–Trinajstić information content (AvgIpc) is 2.93. The zero-order valence-electron chi connectivity index (χ0n) is 15.5. The van der Waals surface area contributed by atoms with Crippen LogP contribution < -0.4 is 4.74 Å². The fourth-order valence-corrected chi connectivity index (χ4v) is 2.81. The Morgan fingerprint density at radius 3 is 2.50 bits per heavy atom. The van der Waals surface area contributed by atoms with Crippen molar-refractivity contribution in [1.82, 2.24) is 9.78 Å². The Balaban J connectivity index is 1.65. The number of aryl methyl sites for hydroxylation is 2. The van der Waals surface area contributed by atoms with E-state index in [0.29, 0.717) is 12.5 Å². The summed E-state index contributed by atoms with van der Waals surface area (Å²) in [5.41, 5.74) is 3.46. The Kier molecular flexibility index (Phi) is 6.74. The third-order valence-electron chi connectivity index (χ3n) is 3.91. The molecule has 0 atom stereocenters. The number of oxime groups is 1. The lowest BCUT2D eigenvalue weighted by atomic mass is 10.1. The molecule has 7 heteroatoms. The fourth-order valence-electron chi connectivity index (χ4n) is 2.56. The predicted octanol–water partition coefficient (Wildman–Crippen LogP) is 5.85. The largest absolute Gasteiger partial charge is 0.439 e. The molecule has 0 aliphatic heterocycles. The van der Waals surface area contributed by atoms with Gasteiger partial charge in [0.2, 0.25) is 5.88 Å². The number of nitrogens with zero attached hydrogens (tertiary/aromatic N) is 3.